The Kier molecular flexibility index (Phi) is 4.23. The lowest BCUT2D eigenvalue weighted by atomic mass is 10.1. The topological polar surface area (TPSA) is 146 Å². The molecule has 0 aliphatic rings. The standard InChI is InChI=1S/C18H14N6O4S/c1-29(27,28)12-5-6-13(15(8-12)24(25)26)11-9-21-18-16(14-4-2-3-7-20-14)17(19)22-23(18)10-11/h2-10H,1H3,(H2,19,22). The van der Waals surface area contributed by atoms with Crippen LogP contribution in [-0.4, -0.2) is 39.2 Å². The predicted octanol–water partition coefficient (Wildman–Crippen LogP) is 2.35. The molecule has 29 heavy (non-hydrogen) atoms. The number of nitrogens with zero attached hydrogens (tertiary/aromatic N) is 5. The molecule has 1 aromatic carbocycles. The lowest BCUT2D eigenvalue weighted by Gasteiger charge is -2.06. The second-order valence-electron chi connectivity index (χ2n) is 6.29. The Labute approximate surface area is 164 Å². The fourth-order valence-electron chi connectivity index (χ4n) is 2.98. The van der Waals surface area contributed by atoms with Crippen molar-refractivity contribution in [2.75, 3.05) is 12.0 Å². The van der Waals surface area contributed by atoms with Gasteiger partial charge in [-0.25, -0.2) is 17.9 Å². The van der Waals surface area contributed by atoms with Crippen LogP contribution in [0, 0.1) is 10.1 Å². The fourth-order valence-corrected chi connectivity index (χ4v) is 3.63. The molecule has 146 valence electrons. The van der Waals surface area contributed by atoms with Gasteiger partial charge in [0, 0.05) is 36.5 Å². The first-order valence-electron chi connectivity index (χ1n) is 8.30. The molecule has 0 radical (unpaired) electrons. The van der Waals surface area contributed by atoms with Crippen molar-refractivity contribution < 1.29 is 13.3 Å². The number of anilines is 1. The van der Waals surface area contributed by atoms with Gasteiger partial charge >= 0.3 is 0 Å². The highest BCUT2D eigenvalue weighted by Gasteiger charge is 2.21. The summed E-state index contributed by atoms with van der Waals surface area (Å²) >= 11 is 0. The minimum Gasteiger partial charge on any atom is -0.382 e. The van der Waals surface area contributed by atoms with Gasteiger partial charge in [0.2, 0.25) is 0 Å². The van der Waals surface area contributed by atoms with E-state index in [1.807, 2.05) is 6.07 Å². The van der Waals surface area contributed by atoms with E-state index in [1.54, 1.807) is 24.5 Å². The van der Waals surface area contributed by atoms with Crippen LogP contribution in [0.15, 0.2) is 59.9 Å². The number of pyridine rings is 1. The summed E-state index contributed by atoms with van der Waals surface area (Å²) in [5.41, 5.74) is 7.89. The summed E-state index contributed by atoms with van der Waals surface area (Å²) in [7, 11) is -3.59. The summed E-state index contributed by atoms with van der Waals surface area (Å²) < 4.78 is 24.9. The van der Waals surface area contributed by atoms with E-state index < -0.39 is 14.8 Å². The average molecular weight is 410 g/mol. The van der Waals surface area contributed by atoms with Crippen LogP contribution in [0.4, 0.5) is 11.5 Å². The maximum Gasteiger partial charge on any atom is 0.278 e. The molecule has 4 rings (SSSR count). The van der Waals surface area contributed by atoms with Crippen LogP contribution >= 0.6 is 0 Å². The van der Waals surface area contributed by atoms with Crippen molar-refractivity contribution in [1.82, 2.24) is 19.6 Å². The number of rotatable bonds is 4. The third-order valence-corrected chi connectivity index (χ3v) is 5.44. The summed E-state index contributed by atoms with van der Waals surface area (Å²) in [4.78, 5) is 19.4. The number of hydrogen-bond donors (Lipinski definition) is 1. The van der Waals surface area contributed by atoms with Gasteiger partial charge in [0.05, 0.1) is 26.6 Å². The third kappa shape index (κ3) is 3.27. The zero-order valence-electron chi connectivity index (χ0n) is 15.1. The molecular formula is C18H14N6O4S. The van der Waals surface area contributed by atoms with Gasteiger partial charge in [0.25, 0.3) is 5.69 Å². The Hall–Kier alpha value is -3.86. The molecule has 3 heterocycles. The van der Waals surface area contributed by atoms with Crippen molar-refractivity contribution >= 4 is 27.0 Å². The van der Waals surface area contributed by atoms with Gasteiger partial charge in [-0.05, 0) is 24.3 Å². The minimum absolute atomic E-state index is 0.136. The highest BCUT2D eigenvalue weighted by Crippen LogP contribution is 2.33. The van der Waals surface area contributed by atoms with Crippen LogP contribution in [-0.2, 0) is 9.84 Å². The summed E-state index contributed by atoms with van der Waals surface area (Å²) in [6, 6.07) is 9.09. The van der Waals surface area contributed by atoms with Gasteiger partial charge < -0.3 is 5.73 Å². The molecule has 0 spiro atoms. The maximum absolute atomic E-state index is 11.7. The Balaban J connectivity index is 1.89. The molecule has 0 bridgehead atoms. The van der Waals surface area contributed by atoms with Crippen LogP contribution in [0.5, 0.6) is 0 Å². The first-order valence-corrected chi connectivity index (χ1v) is 10.2. The quantitative estimate of drug-likeness (QED) is 0.398. The molecular weight excluding hydrogens is 396 g/mol. The second-order valence-corrected chi connectivity index (χ2v) is 8.31. The highest BCUT2D eigenvalue weighted by atomic mass is 32.2. The number of nitro groups is 1. The van der Waals surface area contributed by atoms with Crippen LogP contribution in [0.3, 0.4) is 0 Å². The number of fused-ring (bicyclic) bond motifs is 1. The molecule has 11 heteroatoms. The van der Waals surface area contributed by atoms with E-state index in [1.165, 1.54) is 22.8 Å². The molecule has 0 saturated heterocycles. The Bertz CT molecular complexity index is 1370. The summed E-state index contributed by atoms with van der Waals surface area (Å²) in [5, 5.41) is 15.8. The molecule has 0 unspecified atom stereocenters. The molecule has 0 amide bonds. The van der Waals surface area contributed by atoms with E-state index in [0.29, 0.717) is 22.5 Å². The third-order valence-electron chi connectivity index (χ3n) is 4.33. The van der Waals surface area contributed by atoms with E-state index in [0.717, 1.165) is 12.3 Å². The lowest BCUT2D eigenvalue weighted by Crippen LogP contribution is -2.01. The Morgan fingerprint density at radius 3 is 2.62 bits per heavy atom. The van der Waals surface area contributed by atoms with E-state index in [4.69, 9.17) is 5.73 Å². The van der Waals surface area contributed by atoms with Crippen molar-refractivity contribution in [3.8, 4) is 22.4 Å². The molecule has 0 aliphatic carbocycles. The first-order chi connectivity index (χ1) is 13.8. The number of nitrogens with two attached hydrogens (primary N) is 1. The van der Waals surface area contributed by atoms with Crippen LogP contribution in [0.2, 0.25) is 0 Å². The molecule has 4 aromatic rings. The average Bonchev–Trinajstić information content (AvgIpc) is 3.02. The van der Waals surface area contributed by atoms with Crippen molar-refractivity contribution in [1.29, 1.82) is 0 Å². The van der Waals surface area contributed by atoms with Gasteiger partial charge in [-0.15, -0.1) is 5.10 Å². The zero-order valence-corrected chi connectivity index (χ0v) is 15.9. The number of nitro benzene ring substituents is 1. The summed E-state index contributed by atoms with van der Waals surface area (Å²) in [5.74, 6) is 0.218. The van der Waals surface area contributed by atoms with Crippen molar-refractivity contribution in [3.63, 3.8) is 0 Å². The SMILES string of the molecule is CS(=O)(=O)c1ccc(-c2cnc3c(-c4ccccn4)c(N)nn3c2)c([N+](=O)[O-])c1. The van der Waals surface area contributed by atoms with Gasteiger partial charge in [-0.3, -0.25) is 15.1 Å². The lowest BCUT2D eigenvalue weighted by molar-refractivity contribution is -0.384. The Morgan fingerprint density at radius 2 is 1.97 bits per heavy atom. The molecule has 0 saturated carbocycles. The van der Waals surface area contributed by atoms with Crippen molar-refractivity contribution in [2.45, 2.75) is 4.90 Å². The highest BCUT2D eigenvalue weighted by molar-refractivity contribution is 7.90. The summed E-state index contributed by atoms with van der Waals surface area (Å²) in [6.45, 7) is 0. The zero-order chi connectivity index (χ0) is 20.8. The number of sulfone groups is 1. The van der Waals surface area contributed by atoms with Crippen LogP contribution in [0.25, 0.3) is 28.0 Å². The van der Waals surface area contributed by atoms with E-state index in [9.17, 15) is 18.5 Å². The van der Waals surface area contributed by atoms with Gasteiger partial charge in [0.1, 0.15) is 0 Å². The normalized spacial score (nSPS) is 11.6. The van der Waals surface area contributed by atoms with E-state index in [-0.39, 0.29) is 22.0 Å². The number of nitrogen functional groups attached to an aromatic ring is 1. The minimum atomic E-state index is -3.59. The van der Waals surface area contributed by atoms with Gasteiger partial charge in [0.15, 0.2) is 21.3 Å². The smallest absolute Gasteiger partial charge is 0.278 e. The van der Waals surface area contributed by atoms with Crippen molar-refractivity contribution in [2.24, 2.45) is 0 Å². The largest absolute Gasteiger partial charge is 0.382 e. The molecule has 0 atom stereocenters. The first kappa shape index (κ1) is 18.5. The second kappa shape index (κ2) is 6.63. The monoisotopic (exact) mass is 410 g/mol. The van der Waals surface area contributed by atoms with Crippen LogP contribution in [0.1, 0.15) is 0 Å². The molecule has 0 fully saturated rings. The molecule has 0 aliphatic heterocycles. The Morgan fingerprint density at radius 1 is 1.17 bits per heavy atom. The van der Waals surface area contributed by atoms with Gasteiger partial charge in [-0.2, -0.15) is 0 Å². The molecule has 2 N–H and O–H groups in total. The predicted molar refractivity (Wildman–Crippen MR) is 106 cm³/mol. The number of hydrogen-bond acceptors (Lipinski definition) is 8. The maximum atomic E-state index is 11.7. The summed E-state index contributed by atoms with van der Waals surface area (Å²) in [6.07, 6.45) is 5.61. The van der Waals surface area contributed by atoms with E-state index in [2.05, 4.69) is 15.1 Å². The van der Waals surface area contributed by atoms with Gasteiger partial charge in [-0.1, -0.05) is 6.07 Å². The fraction of sp³-hybridized carbons (Fsp3) is 0.0556. The van der Waals surface area contributed by atoms with E-state index >= 15 is 0 Å². The number of aromatic nitrogens is 4. The molecule has 3 aromatic heterocycles. The number of benzene rings is 1. The van der Waals surface area contributed by atoms with Crippen molar-refractivity contribution in [3.05, 3.63) is 65.1 Å². The molecule has 10 nitrogen and oxygen atoms in total. The van der Waals surface area contributed by atoms with Crippen LogP contribution < -0.4 is 5.73 Å².